The molecule has 0 radical (unpaired) electrons. The first kappa shape index (κ1) is 13.3. The predicted molar refractivity (Wildman–Crippen MR) is 82.1 cm³/mol. The van der Waals surface area contributed by atoms with Crippen molar-refractivity contribution in [1.29, 1.82) is 0 Å². The molecule has 0 atom stereocenters. The Kier molecular flexibility index (Phi) is 3.57. The van der Waals surface area contributed by atoms with Crippen LogP contribution < -0.4 is 5.32 Å². The summed E-state index contributed by atoms with van der Waals surface area (Å²) in [4.78, 5) is 16.4. The maximum absolute atomic E-state index is 11.9. The highest BCUT2D eigenvalue weighted by molar-refractivity contribution is 7.13. The molecular formula is C16H18N2OS. The smallest absolute Gasteiger partial charge is 0.270 e. The third kappa shape index (κ3) is 2.90. The first-order valence-corrected chi connectivity index (χ1v) is 7.88. The monoisotopic (exact) mass is 286 g/mol. The molecule has 3 rings (SSSR count). The van der Waals surface area contributed by atoms with E-state index in [1.54, 1.807) is 0 Å². The molecule has 20 heavy (non-hydrogen) atoms. The summed E-state index contributed by atoms with van der Waals surface area (Å²) < 4.78 is 0. The maximum atomic E-state index is 11.9. The molecule has 2 aromatic rings. The van der Waals surface area contributed by atoms with Crippen LogP contribution >= 0.6 is 11.3 Å². The summed E-state index contributed by atoms with van der Waals surface area (Å²) in [6, 6.07) is 8.79. The van der Waals surface area contributed by atoms with Crippen molar-refractivity contribution >= 4 is 17.2 Å². The Bertz CT molecular complexity index is 612. The van der Waals surface area contributed by atoms with Gasteiger partial charge in [-0.3, -0.25) is 4.79 Å². The summed E-state index contributed by atoms with van der Waals surface area (Å²) in [5.41, 5.74) is 2.92. The van der Waals surface area contributed by atoms with Crippen molar-refractivity contribution in [3.05, 3.63) is 40.9 Å². The number of nitrogens with one attached hydrogen (secondary N) is 1. The number of nitrogens with zero attached hydrogens (tertiary/aromatic N) is 1. The molecule has 1 aromatic heterocycles. The molecule has 3 nitrogen and oxygen atoms in total. The van der Waals surface area contributed by atoms with Crippen LogP contribution in [0.3, 0.4) is 0 Å². The van der Waals surface area contributed by atoms with Crippen molar-refractivity contribution < 1.29 is 4.79 Å². The highest BCUT2D eigenvalue weighted by atomic mass is 32.1. The standard InChI is InChI=1S/C16H18N2OS/c1-10(2)11-3-5-12(6-4-11)16-18-14(9-20-16)15(19)17-13-7-8-13/h3-6,9-10,13H,7-8H2,1-2H3,(H,17,19). The Morgan fingerprint density at radius 1 is 1.30 bits per heavy atom. The molecule has 0 bridgehead atoms. The molecule has 1 aliphatic rings. The Hall–Kier alpha value is -1.68. The van der Waals surface area contributed by atoms with Gasteiger partial charge in [-0.1, -0.05) is 38.1 Å². The SMILES string of the molecule is CC(C)c1ccc(-c2nc(C(=O)NC3CC3)cs2)cc1. The summed E-state index contributed by atoms with van der Waals surface area (Å²) in [6.07, 6.45) is 2.19. The summed E-state index contributed by atoms with van der Waals surface area (Å²) in [5.74, 6) is 0.481. The van der Waals surface area contributed by atoms with E-state index in [9.17, 15) is 4.79 Å². The van der Waals surface area contributed by atoms with Gasteiger partial charge >= 0.3 is 0 Å². The molecule has 0 aliphatic heterocycles. The zero-order chi connectivity index (χ0) is 14.1. The lowest BCUT2D eigenvalue weighted by molar-refractivity contribution is 0.0947. The summed E-state index contributed by atoms with van der Waals surface area (Å²) in [7, 11) is 0. The molecule has 1 aliphatic carbocycles. The average Bonchev–Trinajstić information content (AvgIpc) is 3.11. The molecule has 1 N–H and O–H groups in total. The molecule has 1 heterocycles. The fourth-order valence-corrected chi connectivity index (χ4v) is 2.81. The van der Waals surface area contributed by atoms with Gasteiger partial charge < -0.3 is 5.32 Å². The summed E-state index contributed by atoms with van der Waals surface area (Å²) in [6.45, 7) is 4.36. The zero-order valence-electron chi connectivity index (χ0n) is 11.7. The van der Waals surface area contributed by atoms with E-state index in [1.807, 2.05) is 5.38 Å². The van der Waals surface area contributed by atoms with Crippen molar-refractivity contribution in [3.8, 4) is 10.6 Å². The fourth-order valence-electron chi connectivity index (χ4n) is 2.01. The fraction of sp³-hybridized carbons (Fsp3) is 0.375. The van der Waals surface area contributed by atoms with Crippen LogP contribution in [0.15, 0.2) is 29.6 Å². The average molecular weight is 286 g/mol. The van der Waals surface area contributed by atoms with Gasteiger partial charge in [0, 0.05) is 17.0 Å². The molecule has 1 amide bonds. The van der Waals surface area contributed by atoms with Gasteiger partial charge in [0.25, 0.3) is 5.91 Å². The van der Waals surface area contributed by atoms with Gasteiger partial charge in [-0.05, 0) is 24.3 Å². The normalized spacial score (nSPS) is 14.6. The van der Waals surface area contributed by atoms with Gasteiger partial charge in [0.2, 0.25) is 0 Å². The topological polar surface area (TPSA) is 42.0 Å². The number of aromatic nitrogens is 1. The van der Waals surface area contributed by atoms with Crippen LogP contribution in [-0.2, 0) is 0 Å². The summed E-state index contributed by atoms with van der Waals surface area (Å²) in [5, 5.41) is 5.70. The first-order valence-electron chi connectivity index (χ1n) is 7.00. The van der Waals surface area contributed by atoms with Gasteiger partial charge in [-0.15, -0.1) is 11.3 Å². The van der Waals surface area contributed by atoms with Crippen LogP contribution in [0.2, 0.25) is 0 Å². The number of carbonyl (C=O) groups excluding carboxylic acids is 1. The molecule has 0 saturated heterocycles. The largest absolute Gasteiger partial charge is 0.348 e. The lowest BCUT2D eigenvalue weighted by atomic mass is 10.0. The van der Waals surface area contributed by atoms with Gasteiger partial charge in [0.15, 0.2) is 0 Å². The molecule has 1 saturated carbocycles. The van der Waals surface area contributed by atoms with Gasteiger partial charge in [-0.25, -0.2) is 4.98 Å². The minimum Gasteiger partial charge on any atom is -0.348 e. The minimum absolute atomic E-state index is 0.0474. The zero-order valence-corrected chi connectivity index (χ0v) is 12.5. The van der Waals surface area contributed by atoms with E-state index in [-0.39, 0.29) is 5.91 Å². The Labute approximate surface area is 123 Å². The van der Waals surface area contributed by atoms with E-state index in [1.165, 1.54) is 16.9 Å². The molecular weight excluding hydrogens is 268 g/mol. The quantitative estimate of drug-likeness (QED) is 0.928. The Morgan fingerprint density at radius 2 is 2.00 bits per heavy atom. The molecule has 104 valence electrons. The molecule has 1 aromatic carbocycles. The van der Waals surface area contributed by atoms with Crippen molar-refractivity contribution in [3.63, 3.8) is 0 Å². The predicted octanol–water partition coefficient (Wildman–Crippen LogP) is 3.83. The van der Waals surface area contributed by atoms with Gasteiger partial charge in [0.05, 0.1) is 0 Å². The maximum Gasteiger partial charge on any atom is 0.270 e. The number of amides is 1. The molecule has 0 spiro atoms. The van der Waals surface area contributed by atoms with Crippen LogP contribution in [0, 0.1) is 0 Å². The van der Waals surface area contributed by atoms with E-state index in [2.05, 4.69) is 48.4 Å². The van der Waals surface area contributed by atoms with Crippen molar-refractivity contribution in [1.82, 2.24) is 10.3 Å². The van der Waals surface area contributed by atoms with Crippen molar-refractivity contribution in [2.75, 3.05) is 0 Å². The third-order valence-corrected chi connectivity index (χ3v) is 4.37. The number of hydrogen-bond acceptors (Lipinski definition) is 3. The molecule has 4 heteroatoms. The molecule has 0 unspecified atom stereocenters. The van der Waals surface area contributed by atoms with E-state index in [0.717, 1.165) is 23.4 Å². The highest BCUT2D eigenvalue weighted by Gasteiger charge is 2.24. The second kappa shape index (κ2) is 5.37. The number of carbonyl (C=O) groups is 1. The van der Waals surface area contributed by atoms with Gasteiger partial charge in [-0.2, -0.15) is 0 Å². The molecule has 1 fully saturated rings. The lowest BCUT2D eigenvalue weighted by Gasteiger charge is -2.05. The van der Waals surface area contributed by atoms with E-state index in [4.69, 9.17) is 0 Å². The number of thiazole rings is 1. The Balaban J connectivity index is 1.76. The van der Waals surface area contributed by atoms with E-state index < -0.39 is 0 Å². The third-order valence-electron chi connectivity index (χ3n) is 3.47. The number of benzene rings is 1. The summed E-state index contributed by atoms with van der Waals surface area (Å²) >= 11 is 1.52. The van der Waals surface area contributed by atoms with Crippen LogP contribution in [0.5, 0.6) is 0 Å². The number of rotatable bonds is 4. The van der Waals surface area contributed by atoms with Crippen molar-refractivity contribution in [2.24, 2.45) is 0 Å². The van der Waals surface area contributed by atoms with E-state index in [0.29, 0.717) is 17.7 Å². The second-order valence-corrected chi connectivity index (χ2v) is 6.42. The van der Waals surface area contributed by atoms with Crippen LogP contribution in [0.1, 0.15) is 48.7 Å². The second-order valence-electron chi connectivity index (χ2n) is 5.56. The Morgan fingerprint density at radius 3 is 2.60 bits per heavy atom. The first-order chi connectivity index (χ1) is 9.63. The lowest BCUT2D eigenvalue weighted by Crippen LogP contribution is -2.25. The highest BCUT2D eigenvalue weighted by Crippen LogP contribution is 2.26. The van der Waals surface area contributed by atoms with E-state index >= 15 is 0 Å². The van der Waals surface area contributed by atoms with Crippen molar-refractivity contribution in [2.45, 2.75) is 38.6 Å². The number of hydrogen-bond donors (Lipinski definition) is 1. The van der Waals surface area contributed by atoms with Gasteiger partial charge in [0.1, 0.15) is 10.7 Å². The minimum atomic E-state index is -0.0474. The van der Waals surface area contributed by atoms with Crippen LogP contribution in [0.25, 0.3) is 10.6 Å². The van der Waals surface area contributed by atoms with Crippen LogP contribution in [-0.4, -0.2) is 16.9 Å². The van der Waals surface area contributed by atoms with Crippen LogP contribution in [0.4, 0.5) is 0 Å².